The number of amides is 1. The van der Waals surface area contributed by atoms with Gasteiger partial charge in [0.2, 0.25) is 0 Å². The highest BCUT2D eigenvalue weighted by molar-refractivity contribution is 5.94. The Bertz CT molecular complexity index is 1250. The number of ether oxygens (including phenoxy) is 2. The molecule has 4 rings (SSSR count). The van der Waals surface area contributed by atoms with Crippen LogP contribution in [0.5, 0.6) is 5.75 Å². The van der Waals surface area contributed by atoms with Crippen LogP contribution in [0, 0.1) is 25.2 Å². The minimum absolute atomic E-state index is 0.256. The van der Waals surface area contributed by atoms with E-state index >= 15 is 0 Å². The van der Waals surface area contributed by atoms with Crippen LogP contribution in [-0.4, -0.2) is 29.7 Å². The first kappa shape index (κ1) is 24.1. The summed E-state index contributed by atoms with van der Waals surface area (Å²) in [6.07, 6.45) is 4.28. The maximum absolute atomic E-state index is 12.6. The molecule has 2 aromatic carbocycles. The van der Waals surface area contributed by atoms with E-state index in [0.29, 0.717) is 17.1 Å². The van der Waals surface area contributed by atoms with E-state index in [0.717, 1.165) is 48.1 Å². The molecule has 1 aliphatic carbocycles. The molecule has 0 saturated heterocycles. The van der Waals surface area contributed by atoms with Crippen molar-refractivity contribution >= 4 is 17.7 Å². The molecule has 180 valence electrons. The first-order valence-electron chi connectivity index (χ1n) is 11.8. The van der Waals surface area contributed by atoms with Gasteiger partial charge in [0.05, 0.1) is 5.56 Å². The second-order valence-electron chi connectivity index (χ2n) is 8.71. The summed E-state index contributed by atoms with van der Waals surface area (Å²) in [5.74, 6) is -0.0964. The first-order chi connectivity index (χ1) is 17.0. The molecular weight excluding hydrogens is 442 g/mol. The number of benzene rings is 2. The van der Waals surface area contributed by atoms with Gasteiger partial charge in [-0.3, -0.25) is 4.79 Å². The van der Waals surface area contributed by atoms with Crippen LogP contribution >= 0.6 is 0 Å². The van der Waals surface area contributed by atoms with E-state index in [2.05, 4.69) is 16.0 Å². The van der Waals surface area contributed by atoms with E-state index in [-0.39, 0.29) is 12.6 Å². The summed E-state index contributed by atoms with van der Waals surface area (Å²) in [5.41, 5.74) is 4.12. The Morgan fingerprint density at radius 3 is 2.43 bits per heavy atom. The van der Waals surface area contributed by atoms with Gasteiger partial charge in [-0.05, 0) is 43.9 Å². The lowest BCUT2D eigenvalue weighted by molar-refractivity contribution is -0.149. The summed E-state index contributed by atoms with van der Waals surface area (Å²) in [7, 11) is 0. The zero-order valence-electron chi connectivity index (χ0n) is 20.0. The average molecular weight is 472 g/mol. The van der Waals surface area contributed by atoms with Crippen LogP contribution in [-0.2, 0) is 14.3 Å². The van der Waals surface area contributed by atoms with Gasteiger partial charge in [0.1, 0.15) is 17.6 Å². The normalized spacial score (nSPS) is 13.3. The largest absolute Gasteiger partial charge is 0.481 e. The third kappa shape index (κ3) is 5.38. The molecule has 3 aromatic rings. The van der Waals surface area contributed by atoms with Crippen LogP contribution in [0.1, 0.15) is 48.5 Å². The molecule has 1 aliphatic rings. The van der Waals surface area contributed by atoms with Crippen LogP contribution in [0.2, 0.25) is 0 Å². The highest BCUT2D eigenvalue weighted by Gasteiger charge is 2.27. The molecular formula is C28H29N3O4. The molecule has 35 heavy (non-hydrogen) atoms. The quantitative estimate of drug-likeness (QED) is 0.449. The molecule has 0 atom stereocenters. The molecule has 0 radical (unpaired) electrons. The number of carbonyl (C=O) groups excluding carboxylic acids is 2. The maximum atomic E-state index is 12.6. The van der Waals surface area contributed by atoms with Crippen LogP contribution < -0.4 is 10.1 Å². The predicted octanol–water partition coefficient (Wildman–Crippen LogP) is 5.32. The number of nitrogens with one attached hydrogen (secondary N) is 1. The Morgan fingerprint density at radius 2 is 1.71 bits per heavy atom. The lowest BCUT2D eigenvalue weighted by Crippen LogP contribution is -2.25. The number of hydrogen-bond donors (Lipinski definition) is 1. The third-order valence-electron chi connectivity index (χ3n) is 6.50. The molecule has 7 nitrogen and oxygen atoms in total. The van der Waals surface area contributed by atoms with Crippen molar-refractivity contribution in [1.82, 2.24) is 4.57 Å². The van der Waals surface area contributed by atoms with Gasteiger partial charge in [-0.25, -0.2) is 4.79 Å². The lowest BCUT2D eigenvalue weighted by atomic mass is 10.1. The van der Waals surface area contributed by atoms with Gasteiger partial charge >= 0.3 is 5.97 Å². The minimum atomic E-state index is -0.651. The molecule has 1 N–H and O–H groups in total. The van der Waals surface area contributed by atoms with Crippen molar-refractivity contribution in [2.75, 3.05) is 18.5 Å². The van der Waals surface area contributed by atoms with Gasteiger partial charge in [0.25, 0.3) is 5.91 Å². The number of carbonyl (C=O) groups is 2. The molecule has 1 heterocycles. The second-order valence-corrected chi connectivity index (χ2v) is 8.71. The highest BCUT2D eigenvalue weighted by atomic mass is 16.6. The number of nitriles is 1. The lowest BCUT2D eigenvalue weighted by Gasteiger charge is -2.19. The molecule has 1 saturated carbocycles. The Morgan fingerprint density at radius 1 is 1.03 bits per heavy atom. The summed E-state index contributed by atoms with van der Waals surface area (Å²) >= 11 is 0. The fraction of sp³-hybridized carbons (Fsp3) is 0.321. The van der Waals surface area contributed by atoms with Crippen LogP contribution in [0.15, 0.2) is 54.6 Å². The standard InChI is InChI=1S/C28H29N3O4/c1-19-20(2)31(22-12-6-7-13-22)28(24(19)16-29)30-26(32)17-35-27(33)18-34-25-15-9-8-14-23(25)21-10-4-3-5-11-21/h3-5,8-11,14-15,22H,6-7,12-13,17-18H2,1-2H3,(H,30,32). The van der Waals surface area contributed by atoms with E-state index < -0.39 is 18.5 Å². The van der Waals surface area contributed by atoms with Crippen LogP contribution in [0.3, 0.4) is 0 Å². The minimum Gasteiger partial charge on any atom is -0.481 e. The van der Waals surface area contributed by atoms with Gasteiger partial charge in [-0.15, -0.1) is 0 Å². The van der Waals surface area contributed by atoms with E-state index in [4.69, 9.17) is 9.47 Å². The summed E-state index contributed by atoms with van der Waals surface area (Å²) in [6.45, 7) is 3.08. The van der Waals surface area contributed by atoms with Crippen molar-refractivity contribution in [2.24, 2.45) is 0 Å². The van der Waals surface area contributed by atoms with Gasteiger partial charge in [0.15, 0.2) is 13.2 Å². The molecule has 1 aromatic heterocycles. The van der Waals surface area contributed by atoms with Crippen LogP contribution in [0.4, 0.5) is 5.82 Å². The Hall–Kier alpha value is -4.05. The number of rotatable bonds is 8. The van der Waals surface area contributed by atoms with Crippen molar-refractivity contribution < 1.29 is 19.1 Å². The van der Waals surface area contributed by atoms with E-state index in [1.54, 1.807) is 6.07 Å². The summed E-state index contributed by atoms with van der Waals surface area (Å²) in [5, 5.41) is 12.5. The molecule has 0 spiro atoms. The monoisotopic (exact) mass is 471 g/mol. The van der Waals surface area contributed by atoms with Gasteiger partial charge in [0, 0.05) is 17.3 Å². The Balaban J connectivity index is 1.36. The first-order valence-corrected chi connectivity index (χ1v) is 11.8. The van der Waals surface area contributed by atoms with E-state index in [9.17, 15) is 14.9 Å². The van der Waals surface area contributed by atoms with Crippen molar-refractivity contribution in [2.45, 2.75) is 45.6 Å². The van der Waals surface area contributed by atoms with Gasteiger partial charge in [-0.1, -0.05) is 61.4 Å². The third-order valence-corrected chi connectivity index (χ3v) is 6.50. The zero-order valence-corrected chi connectivity index (χ0v) is 20.0. The highest BCUT2D eigenvalue weighted by Crippen LogP contribution is 2.37. The van der Waals surface area contributed by atoms with Crippen LogP contribution in [0.25, 0.3) is 11.1 Å². The van der Waals surface area contributed by atoms with E-state index in [1.165, 1.54) is 0 Å². The molecule has 0 unspecified atom stereocenters. The van der Waals surface area contributed by atoms with Crippen molar-refractivity contribution in [3.8, 4) is 22.9 Å². The van der Waals surface area contributed by atoms with Gasteiger partial charge < -0.3 is 19.4 Å². The zero-order chi connectivity index (χ0) is 24.8. The molecule has 1 fully saturated rings. The number of nitrogens with zero attached hydrogens (tertiary/aromatic N) is 2. The second kappa shape index (κ2) is 10.9. The number of esters is 1. The SMILES string of the molecule is Cc1c(C#N)c(NC(=O)COC(=O)COc2ccccc2-c2ccccc2)n(C2CCCC2)c1C. The number of aromatic nitrogens is 1. The smallest absolute Gasteiger partial charge is 0.344 e. The molecule has 1 amide bonds. The fourth-order valence-electron chi connectivity index (χ4n) is 4.65. The van der Waals surface area contributed by atoms with E-state index in [1.807, 2.05) is 62.4 Å². The Kier molecular flexibility index (Phi) is 7.51. The summed E-state index contributed by atoms with van der Waals surface area (Å²) < 4.78 is 12.9. The molecule has 0 bridgehead atoms. The topological polar surface area (TPSA) is 93.3 Å². The maximum Gasteiger partial charge on any atom is 0.344 e. The fourth-order valence-corrected chi connectivity index (χ4v) is 4.65. The van der Waals surface area contributed by atoms with Gasteiger partial charge in [-0.2, -0.15) is 5.26 Å². The summed E-state index contributed by atoms with van der Waals surface area (Å²) in [4.78, 5) is 24.9. The molecule has 7 heteroatoms. The van der Waals surface area contributed by atoms with Crippen molar-refractivity contribution in [3.05, 3.63) is 71.4 Å². The van der Waals surface area contributed by atoms with Crippen molar-refractivity contribution in [1.29, 1.82) is 5.26 Å². The number of anilines is 1. The average Bonchev–Trinajstić information content (AvgIpc) is 3.48. The predicted molar refractivity (Wildman–Crippen MR) is 133 cm³/mol. The summed E-state index contributed by atoms with van der Waals surface area (Å²) in [6, 6.07) is 19.6. The molecule has 0 aliphatic heterocycles. The number of para-hydroxylation sites is 1. The Labute approximate surface area is 205 Å². The van der Waals surface area contributed by atoms with Crippen molar-refractivity contribution in [3.63, 3.8) is 0 Å². The number of hydrogen-bond acceptors (Lipinski definition) is 5.